The number of amidine groups is 1. The van der Waals surface area contributed by atoms with Crippen LogP contribution >= 0.6 is 0 Å². The van der Waals surface area contributed by atoms with Gasteiger partial charge >= 0.3 is 6.03 Å². The summed E-state index contributed by atoms with van der Waals surface area (Å²) in [5.41, 5.74) is 7.16. The Hall–Kier alpha value is -3.02. The Morgan fingerprint density at radius 2 is 1.76 bits per heavy atom. The molecular weight excluding hydrogens is 268 g/mol. The van der Waals surface area contributed by atoms with E-state index in [1.54, 1.807) is 49.6 Å². The van der Waals surface area contributed by atoms with E-state index in [0.717, 1.165) is 0 Å². The number of hydrogen-bond donors (Lipinski definition) is 4. The molecule has 2 rings (SSSR count). The lowest BCUT2D eigenvalue weighted by molar-refractivity contribution is 0.262. The largest absolute Gasteiger partial charge is 0.495 e. The molecule has 0 aliphatic rings. The summed E-state index contributed by atoms with van der Waals surface area (Å²) in [6.07, 6.45) is 0. The molecule has 0 radical (unpaired) electrons. The summed E-state index contributed by atoms with van der Waals surface area (Å²) in [6, 6.07) is 13.4. The Balaban J connectivity index is 2.03. The number of rotatable bonds is 4. The highest BCUT2D eigenvalue weighted by Crippen LogP contribution is 2.23. The monoisotopic (exact) mass is 284 g/mol. The standard InChI is InChI=1S/C15H16N4O2/c1-21-13-5-3-2-4-12(13)19-15(20)18-11-8-6-10(7-9-11)14(16)17/h2-9H,1H3,(H3,16,17)(H2,18,19,20). The lowest BCUT2D eigenvalue weighted by atomic mass is 10.2. The van der Waals surface area contributed by atoms with Gasteiger partial charge in [-0.2, -0.15) is 0 Å². The van der Waals surface area contributed by atoms with Crippen LogP contribution < -0.4 is 21.1 Å². The maximum Gasteiger partial charge on any atom is 0.323 e. The number of methoxy groups -OCH3 is 1. The molecular formula is C15H16N4O2. The third-order valence-corrected chi connectivity index (χ3v) is 2.81. The van der Waals surface area contributed by atoms with Crippen molar-refractivity contribution in [2.75, 3.05) is 17.7 Å². The number of nitrogens with two attached hydrogens (primary N) is 1. The fraction of sp³-hybridized carbons (Fsp3) is 0.0667. The molecule has 6 heteroatoms. The summed E-state index contributed by atoms with van der Waals surface area (Å²) in [5, 5.41) is 12.7. The quantitative estimate of drug-likeness (QED) is 0.513. The van der Waals surface area contributed by atoms with Crippen LogP contribution in [0.15, 0.2) is 48.5 Å². The van der Waals surface area contributed by atoms with Gasteiger partial charge in [0, 0.05) is 11.3 Å². The van der Waals surface area contributed by atoms with Gasteiger partial charge in [0.25, 0.3) is 0 Å². The molecule has 0 aliphatic carbocycles. The van der Waals surface area contributed by atoms with E-state index in [2.05, 4.69) is 10.6 Å². The number of ether oxygens (including phenoxy) is 1. The van der Waals surface area contributed by atoms with Gasteiger partial charge in [-0.15, -0.1) is 0 Å². The van der Waals surface area contributed by atoms with Crippen LogP contribution in [0.25, 0.3) is 0 Å². The molecule has 0 saturated heterocycles. The van der Waals surface area contributed by atoms with E-state index >= 15 is 0 Å². The average Bonchev–Trinajstić information content (AvgIpc) is 2.48. The molecule has 2 amide bonds. The topological polar surface area (TPSA) is 100 Å². The van der Waals surface area contributed by atoms with E-state index in [0.29, 0.717) is 22.7 Å². The van der Waals surface area contributed by atoms with Crippen molar-refractivity contribution in [3.8, 4) is 5.75 Å². The summed E-state index contributed by atoms with van der Waals surface area (Å²) in [7, 11) is 1.54. The van der Waals surface area contributed by atoms with Crippen molar-refractivity contribution >= 4 is 23.2 Å². The Bertz CT molecular complexity index is 653. The first kappa shape index (κ1) is 14.4. The molecule has 21 heavy (non-hydrogen) atoms. The van der Waals surface area contributed by atoms with Gasteiger partial charge < -0.3 is 21.1 Å². The molecule has 5 N–H and O–H groups in total. The molecule has 0 heterocycles. The van der Waals surface area contributed by atoms with Crippen LogP contribution in [0.5, 0.6) is 5.75 Å². The minimum Gasteiger partial charge on any atom is -0.495 e. The van der Waals surface area contributed by atoms with E-state index in [1.165, 1.54) is 0 Å². The second kappa shape index (κ2) is 6.42. The van der Waals surface area contributed by atoms with Crippen molar-refractivity contribution < 1.29 is 9.53 Å². The first-order valence-electron chi connectivity index (χ1n) is 6.25. The molecule has 0 atom stereocenters. The minimum absolute atomic E-state index is 0.0139. The third kappa shape index (κ3) is 3.73. The number of amides is 2. The molecule has 0 aromatic heterocycles. The van der Waals surface area contributed by atoms with Crippen molar-refractivity contribution in [1.29, 1.82) is 5.41 Å². The number of para-hydroxylation sites is 2. The number of carbonyl (C=O) groups excluding carboxylic acids is 1. The van der Waals surface area contributed by atoms with E-state index in [9.17, 15) is 4.79 Å². The minimum atomic E-state index is -0.380. The van der Waals surface area contributed by atoms with Gasteiger partial charge in [0.2, 0.25) is 0 Å². The number of nitrogen functional groups attached to an aromatic ring is 1. The highest BCUT2D eigenvalue weighted by atomic mass is 16.5. The summed E-state index contributed by atoms with van der Waals surface area (Å²) in [6.45, 7) is 0. The zero-order chi connectivity index (χ0) is 15.2. The molecule has 0 aliphatic heterocycles. The normalized spacial score (nSPS) is 9.76. The number of nitrogens with one attached hydrogen (secondary N) is 3. The van der Waals surface area contributed by atoms with E-state index in [4.69, 9.17) is 15.9 Å². The van der Waals surface area contributed by atoms with Gasteiger partial charge in [0.05, 0.1) is 12.8 Å². The molecule has 108 valence electrons. The maximum absolute atomic E-state index is 11.9. The van der Waals surface area contributed by atoms with Gasteiger partial charge in [-0.25, -0.2) is 4.79 Å². The van der Waals surface area contributed by atoms with Crippen molar-refractivity contribution in [1.82, 2.24) is 0 Å². The summed E-state index contributed by atoms with van der Waals surface area (Å²) in [4.78, 5) is 11.9. The van der Waals surface area contributed by atoms with Crippen LogP contribution in [0.3, 0.4) is 0 Å². The van der Waals surface area contributed by atoms with Crippen LogP contribution in [0.4, 0.5) is 16.2 Å². The third-order valence-electron chi connectivity index (χ3n) is 2.81. The van der Waals surface area contributed by atoms with Crippen LogP contribution in [-0.4, -0.2) is 19.0 Å². The first-order chi connectivity index (χ1) is 10.1. The molecule has 0 fully saturated rings. The Morgan fingerprint density at radius 3 is 2.38 bits per heavy atom. The first-order valence-corrected chi connectivity index (χ1v) is 6.25. The summed E-state index contributed by atoms with van der Waals surface area (Å²) >= 11 is 0. The molecule has 6 nitrogen and oxygen atoms in total. The summed E-state index contributed by atoms with van der Waals surface area (Å²) < 4.78 is 5.16. The van der Waals surface area contributed by atoms with Crippen LogP contribution in [0.2, 0.25) is 0 Å². The molecule has 0 bridgehead atoms. The Labute approximate surface area is 122 Å². The van der Waals surface area contributed by atoms with Gasteiger partial charge in [0.15, 0.2) is 0 Å². The van der Waals surface area contributed by atoms with E-state index < -0.39 is 0 Å². The van der Waals surface area contributed by atoms with E-state index in [-0.39, 0.29) is 11.9 Å². The molecule has 0 saturated carbocycles. The number of urea groups is 1. The van der Waals surface area contributed by atoms with Crippen LogP contribution in [0.1, 0.15) is 5.56 Å². The fourth-order valence-electron chi connectivity index (χ4n) is 1.77. The van der Waals surface area contributed by atoms with Gasteiger partial charge in [-0.1, -0.05) is 12.1 Å². The Kier molecular flexibility index (Phi) is 4.40. The number of hydrogen-bond acceptors (Lipinski definition) is 3. The van der Waals surface area contributed by atoms with Gasteiger partial charge in [0.1, 0.15) is 11.6 Å². The Morgan fingerprint density at radius 1 is 1.10 bits per heavy atom. The number of anilines is 2. The molecule has 2 aromatic rings. The highest BCUT2D eigenvalue weighted by molar-refractivity contribution is 6.01. The van der Waals surface area contributed by atoms with Gasteiger partial charge in [-0.3, -0.25) is 5.41 Å². The lowest BCUT2D eigenvalue weighted by Gasteiger charge is -2.11. The highest BCUT2D eigenvalue weighted by Gasteiger charge is 2.07. The molecule has 0 unspecified atom stereocenters. The smallest absolute Gasteiger partial charge is 0.323 e. The zero-order valence-corrected chi connectivity index (χ0v) is 11.5. The second-order valence-electron chi connectivity index (χ2n) is 4.27. The predicted octanol–water partition coefficient (Wildman–Crippen LogP) is 2.62. The summed E-state index contributed by atoms with van der Waals surface area (Å²) in [5.74, 6) is 0.569. The van der Waals surface area contributed by atoms with Crippen molar-refractivity contribution in [3.63, 3.8) is 0 Å². The maximum atomic E-state index is 11.9. The lowest BCUT2D eigenvalue weighted by Crippen LogP contribution is -2.20. The van der Waals surface area contributed by atoms with Crippen LogP contribution in [0, 0.1) is 5.41 Å². The van der Waals surface area contributed by atoms with Crippen molar-refractivity contribution in [2.45, 2.75) is 0 Å². The average molecular weight is 284 g/mol. The van der Waals surface area contributed by atoms with Crippen LogP contribution in [-0.2, 0) is 0 Å². The fourth-order valence-corrected chi connectivity index (χ4v) is 1.77. The number of benzene rings is 2. The zero-order valence-electron chi connectivity index (χ0n) is 11.5. The van der Waals surface area contributed by atoms with E-state index in [1.807, 2.05) is 6.07 Å². The second-order valence-corrected chi connectivity index (χ2v) is 4.27. The van der Waals surface area contributed by atoms with Crippen molar-refractivity contribution in [3.05, 3.63) is 54.1 Å². The predicted molar refractivity (Wildman–Crippen MR) is 83.1 cm³/mol. The number of carbonyl (C=O) groups is 1. The van der Waals surface area contributed by atoms with Crippen molar-refractivity contribution in [2.24, 2.45) is 5.73 Å². The molecule has 0 spiro atoms. The molecule has 2 aromatic carbocycles. The SMILES string of the molecule is COc1ccccc1NC(=O)Nc1ccc(C(=N)N)cc1. The van der Waals surface area contributed by atoms with Gasteiger partial charge in [-0.05, 0) is 36.4 Å².